The van der Waals surface area contributed by atoms with E-state index < -0.39 is 0 Å². The zero-order valence-electron chi connectivity index (χ0n) is 19.7. The summed E-state index contributed by atoms with van der Waals surface area (Å²) in [6.45, 7) is 2.07. The number of ketones is 2. The zero-order chi connectivity index (χ0) is 25.4. The fraction of sp³-hybridized carbons (Fsp3) is 0.0357. The second-order valence-electron chi connectivity index (χ2n) is 8.46. The van der Waals surface area contributed by atoms with Gasteiger partial charge in [-0.05, 0) is 0 Å². The van der Waals surface area contributed by atoms with Crippen molar-refractivity contribution in [1.29, 1.82) is 0 Å². The molecule has 1 aliphatic heterocycles. The molecule has 174 valence electrons. The van der Waals surface area contributed by atoms with E-state index in [1.165, 1.54) is 8.90 Å². The molecule has 0 saturated carbocycles. The van der Waals surface area contributed by atoms with Gasteiger partial charge in [0.25, 0.3) is 0 Å². The second kappa shape index (κ2) is 8.55. The third-order valence-electron chi connectivity index (χ3n) is 6.13. The topological polar surface area (TPSA) is 50.3 Å². The van der Waals surface area contributed by atoms with E-state index in [4.69, 9.17) is 13.0 Å². The van der Waals surface area contributed by atoms with Gasteiger partial charge >= 0.3 is 233 Å². The van der Waals surface area contributed by atoms with Crippen LogP contribution in [0.25, 0.3) is 15.7 Å². The van der Waals surface area contributed by atoms with E-state index in [9.17, 15) is 9.59 Å². The van der Waals surface area contributed by atoms with Crippen LogP contribution in [0.1, 0.15) is 31.0 Å². The molecule has 0 N–H and O–H groups in total. The number of halogens is 1. The Labute approximate surface area is 231 Å². The van der Waals surface area contributed by atoms with Gasteiger partial charge in [-0.1, -0.05) is 0 Å². The van der Waals surface area contributed by atoms with E-state index in [-0.39, 0.29) is 67.2 Å². The van der Waals surface area contributed by atoms with Crippen LogP contribution in [0.2, 0.25) is 5.02 Å². The number of nitrogens with zero attached hydrogens (tertiary/aromatic N) is 2. The fourth-order valence-electron chi connectivity index (χ4n) is 4.56. The number of hydrogen-bond acceptors (Lipinski definition) is 4. The molecule has 8 heteroatoms. The van der Waals surface area contributed by atoms with Gasteiger partial charge in [-0.25, -0.2) is 0 Å². The van der Waals surface area contributed by atoms with E-state index in [2.05, 4.69) is 28.9 Å². The molecule has 3 aromatic heterocycles. The molecule has 36 heavy (non-hydrogen) atoms. The summed E-state index contributed by atoms with van der Waals surface area (Å²) in [5.41, 5.74) is 1.89. The molecule has 0 atom stereocenters. The standard InChI is InChI=1S/C28H15ClN2O2Se3/c1-14-9-15-10-18-19(13-23(15)34-14)27(33)20(26(18)32)12-17-5-7-25(35-17)31-21-6-4-16(29)11-24(21)36-22-3-2-8-30-28(22)31/h2-13H,1H3/b20-12+/i12D. The number of hydrogen-bond donors (Lipinski definition) is 0. The summed E-state index contributed by atoms with van der Waals surface area (Å²) in [4.78, 5) is 33.5. The first-order chi connectivity index (χ1) is 17.9. The van der Waals surface area contributed by atoms with Crippen molar-refractivity contribution in [3.63, 3.8) is 0 Å². The van der Waals surface area contributed by atoms with E-state index in [1.807, 2.05) is 48.5 Å². The predicted molar refractivity (Wildman–Crippen MR) is 148 cm³/mol. The van der Waals surface area contributed by atoms with Crippen molar-refractivity contribution < 1.29 is 11.0 Å². The van der Waals surface area contributed by atoms with Crippen molar-refractivity contribution in [3.8, 4) is 0 Å². The summed E-state index contributed by atoms with van der Waals surface area (Å²) >= 11 is 6.28. The predicted octanol–water partition coefficient (Wildman–Crippen LogP) is 4.21. The van der Waals surface area contributed by atoms with Gasteiger partial charge in [0.15, 0.2) is 0 Å². The molecule has 5 aromatic rings. The van der Waals surface area contributed by atoms with Crippen LogP contribution in [0.3, 0.4) is 0 Å². The number of rotatable bonds is 2. The van der Waals surface area contributed by atoms with Gasteiger partial charge in [0.05, 0.1) is 0 Å². The van der Waals surface area contributed by atoms with Crippen LogP contribution in [-0.2, 0) is 0 Å². The Bertz CT molecular complexity index is 1800. The Morgan fingerprint density at radius 2 is 1.81 bits per heavy atom. The van der Waals surface area contributed by atoms with Gasteiger partial charge in [0, 0.05) is 0 Å². The quantitative estimate of drug-likeness (QED) is 0.156. The molecule has 7 rings (SSSR count). The summed E-state index contributed by atoms with van der Waals surface area (Å²) in [7, 11) is 0. The number of benzene rings is 2. The third-order valence-corrected chi connectivity index (χ3v) is 12.8. The minimum absolute atomic E-state index is 0.0117. The van der Waals surface area contributed by atoms with Gasteiger partial charge in [-0.2, -0.15) is 0 Å². The number of allylic oxidation sites excluding steroid dienone is 1. The van der Waals surface area contributed by atoms with Gasteiger partial charge < -0.3 is 0 Å². The van der Waals surface area contributed by atoms with Crippen molar-refractivity contribution in [3.05, 3.63) is 97.5 Å². The number of carbonyl (C=O) groups is 2. The van der Waals surface area contributed by atoms with Crippen LogP contribution in [0.4, 0.5) is 16.1 Å². The van der Waals surface area contributed by atoms with Gasteiger partial charge in [0.2, 0.25) is 0 Å². The van der Waals surface area contributed by atoms with Crippen LogP contribution in [0, 0.1) is 6.92 Å². The molecule has 0 amide bonds. The van der Waals surface area contributed by atoms with E-state index >= 15 is 0 Å². The van der Waals surface area contributed by atoms with Gasteiger partial charge in [-0.15, -0.1) is 0 Å². The number of carbonyl (C=O) groups excluding carboxylic acids is 2. The molecule has 0 saturated heterocycles. The Morgan fingerprint density at radius 1 is 0.972 bits per heavy atom. The summed E-state index contributed by atoms with van der Waals surface area (Å²) in [5, 5.41) is 1.72. The number of aryl methyl sites for hydroxylation is 1. The SMILES string of the molecule is [2H]/C(=C1/C(=O)c2cc3cc(C)[se]c3cc2C1=O)c1ccc(N2c3ccc(Cl)cc3[Se]c3cccnc32)[se]1. The number of Topliss-reactive ketones (excluding diaryl/α,β-unsaturated/α-hetero) is 2. The zero-order valence-corrected chi connectivity index (χ0v) is 24.6. The van der Waals surface area contributed by atoms with E-state index in [0.717, 1.165) is 30.2 Å². The van der Waals surface area contributed by atoms with Crippen molar-refractivity contribution >= 4 is 108 Å². The summed E-state index contributed by atoms with van der Waals surface area (Å²) in [6, 6.07) is 19.6. The molecule has 0 spiro atoms. The summed E-state index contributed by atoms with van der Waals surface area (Å²) in [6.07, 6.45) is 1.79. The molecule has 0 bridgehead atoms. The fourth-order valence-corrected chi connectivity index (χ4v) is 11.0. The molecule has 1 aliphatic carbocycles. The van der Waals surface area contributed by atoms with Crippen LogP contribution in [0.5, 0.6) is 0 Å². The van der Waals surface area contributed by atoms with Gasteiger partial charge in [0.1, 0.15) is 0 Å². The van der Waals surface area contributed by atoms with E-state index in [0.29, 0.717) is 20.6 Å². The summed E-state index contributed by atoms with van der Waals surface area (Å²) < 4.78 is 15.4. The van der Waals surface area contributed by atoms with Crippen LogP contribution in [0.15, 0.2) is 72.4 Å². The monoisotopic (exact) mass is 687 g/mol. The normalized spacial score (nSPS) is 16.2. The van der Waals surface area contributed by atoms with Crippen LogP contribution >= 0.6 is 11.6 Å². The maximum atomic E-state index is 13.4. The first-order valence-corrected chi connectivity index (χ1v) is 16.6. The number of fused-ring (bicyclic) bond motifs is 4. The average Bonchev–Trinajstić information content (AvgIpc) is 3.57. The third kappa shape index (κ3) is 3.59. The second-order valence-corrected chi connectivity index (χ2v) is 16.1. The molecule has 0 fully saturated rings. The van der Waals surface area contributed by atoms with Gasteiger partial charge in [-0.3, -0.25) is 0 Å². The molecule has 2 aromatic carbocycles. The maximum absolute atomic E-state index is 13.4. The molecular weight excluding hydrogens is 669 g/mol. The minimum atomic E-state index is -0.337. The van der Waals surface area contributed by atoms with Crippen molar-refractivity contribution in [2.24, 2.45) is 0 Å². The molecule has 0 radical (unpaired) electrons. The Morgan fingerprint density at radius 3 is 2.67 bits per heavy atom. The first-order valence-electron chi connectivity index (χ1n) is 11.6. The number of pyridine rings is 1. The molecule has 2 aliphatic rings. The first kappa shape index (κ1) is 21.6. The van der Waals surface area contributed by atoms with Crippen LogP contribution in [-0.4, -0.2) is 60.5 Å². The summed E-state index contributed by atoms with van der Waals surface area (Å²) in [5.74, 6) is 0.224. The molecule has 4 heterocycles. The Hall–Kier alpha value is -2.46. The van der Waals surface area contributed by atoms with Crippen LogP contribution < -0.4 is 13.8 Å². The number of aromatic nitrogens is 1. The molecule has 4 nitrogen and oxygen atoms in total. The van der Waals surface area contributed by atoms with Crippen molar-refractivity contribution in [2.45, 2.75) is 6.92 Å². The van der Waals surface area contributed by atoms with Crippen molar-refractivity contribution in [1.82, 2.24) is 4.98 Å². The average molecular weight is 685 g/mol. The molecule has 0 unspecified atom stereocenters. The van der Waals surface area contributed by atoms with Crippen molar-refractivity contribution in [2.75, 3.05) is 4.90 Å². The molecular formula is C28H15ClN2O2Se3. The Balaban J connectivity index is 1.32. The number of anilines is 3. The Kier molecular flexibility index (Phi) is 5.13. The van der Waals surface area contributed by atoms with E-state index in [1.54, 1.807) is 6.20 Å².